The normalized spacial score (nSPS) is 10.9. The number of pyridine rings is 1. The topological polar surface area (TPSA) is 56.7 Å². The summed E-state index contributed by atoms with van der Waals surface area (Å²) in [5, 5.41) is 3.52. The van der Waals surface area contributed by atoms with Crippen molar-refractivity contribution < 1.29 is 8.78 Å². The first-order chi connectivity index (χ1) is 7.16. The van der Waals surface area contributed by atoms with E-state index in [2.05, 4.69) is 10.1 Å². The molecule has 0 atom stereocenters. The van der Waals surface area contributed by atoms with Gasteiger partial charge in [0, 0.05) is 23.5 Å². The molecule has 0 spiro atoms. The van der Waals surface area contributed by atoms with Crippen LogP contribution in [-0.2, 0) is 0 Å². The minimum absolute atomic E-state index is 0.389. The summed E-state index contributed by atoms with van der Waals surface area (Å²) in [4.78, 5) is 3.86. The monoisotopic (exact) mass is 210 g/mol. The number of aromatic nitrogens is 3. The highest BCUT2D eigenvalue weighted by Gasteiger charge is 2.08. The predicted molar refractivity (Wildman–Crippen MR) is 51.1 cm³/mol. The number of nitrogens with two attached hydrogens (primary N) is 1. The first-order valence-corrected chi connectivity index (χ1v) is 4.21. The molecule has 0 aliphatic carbocycles. The van der Waals surface area contributed by atoms with Gasteiger partial charge in [0.2, 0.25) is 0 Å². The number of alkyl halides is 2. The van der Waals surface area contributed by atoms with Crippen LogP contribution in [0.25, 0.3) is 11.1 Å². The van der Waals surface area contributed by atoms with Crippen LogP contribution >= 0.6 is 0 Å². The standard InChI is InChI=1S/C9H8F2N4/c10-9(11)15-5-7(4-14-15)6-1-2-8(12)13-3-6/h1-5,9H,(H2,12,13). The Balaban J connectivity index is 2.33. The molecule has 0 bridgehead atoms. The molecule has 0 unspecified atom stereocenters. The molecule has 15 heavy (non-hydrogen) atoms. The van der Waals surface area contributed by atoms with E-state index in [9.17, 15) is 8.78 Å². The number of anilines is 1. The number of nitrogens with zero attached hydrogens (tertiary/aromatic N) is 3. The fourth-order valence-electron chi connectivity index (χ4n) is 1.17. The molecule has 0 aliphatic heterocycles. The van der Waals surface area contributed by atoms with Gasteiger partial charge < -0.3 is 5.73 Å². The zero-order chi connectivity index (χ0) is 10.8. The third kappa shape index (κ3) is 1.93. The van der Waals surface area contributed by atoms with E-state index in [4.69, 9.17) is 5.73 Å². The molecule has 2 heterocycles. The molecule has 0 amide bonds. The van der Waals surface area contributed by atoms with Crippen molar-refractivity contribution in [1.82, 2.24) is 14.8 Å². The van der Waals surface area contributed by atoms with Crippen LogP contribution < -0.4 is 5.73 Å². The van der Waals surface area contributed by atoms with Gasteiger partial charge in [-0.3, -0.25) is 0 Å². The predicted octanol–water partition coefficient (Wildman–Crippen LogP) is 1.92. The van der Waals surface area contributed by atoms with Gasteiger partial charge in [-0.05, 0) is 12.1 Å². The maximum atomic E-state index is 12.2. The summed E-state index contributed by atoms with van der Waals surface area (Å²) in [5.74, 6) is 0.389. The lowest BCUT2D eigenvalue weighted by atomic mass is 10.2. The Bertz CT molecular complexity index is 449. The van der Waals surface area contributed by atoms with Crippen LogP contribution in [0.15, 0.2) is 30.7 Å². The molecule has 6 heteroatoms. The van der Waals surface area contributed by atoms with E-state index in [0.29, 0.717) is 21.6 Å². The average Bonchev–Trinajstić information content (AvgIpc) is 2.68. The summed E-state index contributed by atoms with van der Waals surface area (Å²) in [6, 6.07) is 3.31. The number of nitrogen functional groups attached to an aromatic ring is 1. The van der Waals surface area contributed by atoms with Crippen molar-refractivity contribution in [2.45, 2.75) is 6.55 Å². The molecule has 78 valence electrons. The van der Waals surface area contributed by atoms with Gasteiger partial charge in [-0.15, -0.1) is 0 Å². The van der Waals surface area contributed by atoms with Gasteiger partial charge in [0.15, 0.2) is 0 Å². The van der Waals surface area contributed by atoms with Crippen LogP contribution in [-0.4, -0.2) is 14.8 Å². The van der Waals surface area contributed by atoms with Crippen LogP contribution in [0.2, 0.25) is 0 Å². The molecular formula is C9H8F2N4. The van der Waals surface area contributed by atoms with E-state index >= 15 is 0 Å². The van der Waals surface area contributed by atoms with E-state index in [1.165, 1.54) is 18.6 Å². The van der Waals surface area contributed by atoms with Crippen molar-refractivity contribution in [2.75, 3.05) is 5.73 Å². The molecule has 0 fully saturated rings. The van der Waals surface area contributed by atoms with Crippen molar-refractivity contribution in [2.24, 2.45) is 0 Å². The van der Waals surface area contributed by atoms with Crippen molar-refractivity contribution in [3.63, 3.8) is 0 Å². The van der Waals surface area contributed by atoms with E-state index in [-0.39, 0.29) is 0 Å². The summed E-state index contributed by atoms with van der Waals surface area (Å²) < 4.78 is 25.0. The lowest BCUT2D eigenvalue weighted by molar-refractivity contribution is 0.0566. The Morgan fingerprint density at radius 1 is 1.20 bits per heavy atom. The van der Waals surface area contributed by atoms with E-state index in [0.717, 1.165) is 0 Å². The highest BCUT2D eigenvalue weighted by atomic mass is 19.3. The fourth-order valence-corrected chi connectivity index (χ4v) is 1.17. The summed E-state index contributed by atoms with van der Waals surface area (Å²) in [6.45, 7) is -2.62. The molecular weight excluding hydrogens is 202 g/mol. The Labute approximate surface area is 84.4 Å². The third-order valence-electron chi connectivity index (χ3n) is 1.92. The maximum Gasteiger partial charge on any atom is 0.333 e. The lowest BCUT2D eigenvalue weighted by Gasteiger charge is -1.97. The summed E-state index contributed by atoms with van der Waals surface area (Å²) in [6.07, 6.45) is 4.14. The highest BCUT2D eigenvalue weighted by molar-refractivity contribution is 5.61. The smallest absolute Gasteiger partial charge is 0.333 e. The zero-order valence-electron chi connectivity index (χ0n) is 7.64. The Kier molecular flexibility index (Phi) is 2.32. The molecule has 2 N–H and O–H groups in total. The van der Waals surface area contributed by atoms with Gasteiger partial charge >= 0.3 is 6.55 Å². The van der Waals surface area contributed by atoms with Crippen molar-refractivity contribution in [3.8, 4) is 11.1 Å². The second kappa shape index (κ2) is 3.64. The second-order valence-electron chi connectivity index (χ2n) is 2.96. The van der Waals surface area contributed by atoms with Crippen LogP contribution in [0.3, 0.4) is 0 Å². The quantitative estimate of drug-likeness (QED) is 0.823. The second-order valence-corrected chi connectivity index (χ2v) is 2.96. The molecule has 0 saturated heterocycles. The molecule has 2 rings (SSSR count). The number of rotatable bonds is 2. The van der Waals surface area contributed by atoms with Crippen LogP contribution in [0.4, 0.5) is 14.6 Å². The van der Waals surface area contributed by atoms with Gasteiger partial charge in [0.25, 0.3) is 0 Å². The highest BCUT2D eigenvalue weighted by Crippen LogP contribution is 2.20. The number of halogens is 2. The zero-order valence-corrected chi connectivity index (χ0v) is 7.64. The average molecular weight is 210 g/mol. The first kappa shape index (κ1) is 9.57. The largest absolute Gasteiger partial charge is 0.384 e. The van der Waals surface area contributed by atoms with Crippen molar-refractivity contribution >= 4 is 5.82 Å². The molecule has 2 aromatic heterocycles. The fraction of sp³-hybridized carbons (Fsp3) is 0.111. The molecule has 0 radical (unpaired) electrons. The van der Waals surface area contributed by atoms with E-state index < -0.39 is 6.55 Å². The van der Waals surface area contributed by atoms with E-state index in [1.54, 1.807) is 12.1 Å². The first-order valence-electron chi connectivity index (χ1n) is 4.21. The molecule has 4 nitrogen and oxygen atoms in total. The van der Waals surface area contributed by atoms with Gasteiger partial charge in [-0.1, -0.05) is 0 Å². The van der Waals surface area contributed by atoms with Gasteiger partial charge in [-0.2, -0.15) is 13.9 Å². The molecule has 2 aromatic rings. The molecule has 0 aliphatic rings. The summed E-state index contributed by atoms with van der Waals surface area (Å²) >= 11 is 0. The summed E-state index contributed by atoms with van der Waals surface area (Å²) in [7, 11) is 0. The van der Waals surface area contributed by atoms with Gasteiger partial charge in [0.1, 0.15) is 5.82 Å². The van der Waals surface area contributed by atoms with Crippen molar-refractivity contribution in [1.29, 1.82) is 0 Å². The van der Waals surface area contributed by atoms with Crippen LogP contribution in [0.1, 0.15) is 6.55 Å². The Hall–Kier alpha value is -1.98. The minimum atomic E-state index is -2.62. The molecule has 0 aromatic carbocycles. The Morgan fingerprint density at radius 3 is 2.53 bits per heavy atom. The maximum absolute atomic E-state index is 12.2. The van der Waals surface area contributed by atoms with Crippen LogP contribution in [0.5, 0.6) is 0 Å². The van der Waals surface area contributed by atoms with Gasteiger partial charge in [-0.25, -0.2) is 9.67 Å². The lowest BCUT2D eigenvalue weighted by Crippen LogP contribution is -1.96. The summed E-state index contributed by atoms with van der Waals surface area (Å²) in [5.41, 5.74) is 6.70. The van der Waals surface area contributed by atoms with E-state index in [1.807, 2.05) is 0 Å². The Morgan fingerprint density at radius 2 is 2.00 bits per heavy atom. The van der Waals surface area contributed by atoms with Crippen LogP contribution in [0, 0.1) is 0 Å². The third-order valence-corrected chi connectivity index (χ3v) is 1.92. The minimum Gasteiger partial charge on any atom is -0.384 e. The SMILES string of the molecule is Nc1ccc(-c2cnn(C(F)F)c2)cn1. The van der Waals surface area contributed by atoms with Crippen molar-refractivity contribution in [3.05, 3.63) is 30.7 Å². The van der Waals surface area contributed by atoms with Gasteiger partial charge in [0.05, 0.1) is 6.20 Å². The number of hydrogen-bond donors (Lipinski definition) is 1. The number of hydrogen-bond acceptors (Lipinski definition) is 3. The molecule has 0 saturated carbocycles.